The lowest BCUT2D eigenvalue weighted by Gasteiger charge is -2.28. The molecular weight excluding hydrogens is 532 g/mol. The molecule has 5 rings (SSSR count). The van der Waals surface area contributed by atoms with E-state index in [1.165, 1.54) is 33.1 Å². The number of halogens is 2. The minimum Gasteiger partial charge on any atom is -0.445 e. The molecule has 0 fully saturated rings. The van der Waals surface area contributed by atoms with Crippen molar-refractivity contribution in [3.05, 3.63) is 103 Å². The molecule has 0 unspecified atom stereocenters. The van der Waals surface area contributed by atoms with Gasteiger partial charge in [-0.1, -0.05) is 74.3 Å². The molecule has 3 aromatic carbocycles. The van der Waals surface area contributed by atoms with Gasteiger partial charge in [-0.2, -0.15) is 0 Å². The Kier molecular flexibility index (Phi) is 8.00. The fourth-order valence-corrected chi connectivity index (χ4v) is 4.76. The molecule has 0 bridgehead atoms. The predicted octanol–water partition coefficient (Wildman–Crippen LogP) is 6.24. The summed E-state index contributed by atoms with van der Waals surface area (Å²) in [6.45, 7) is 3.79. The van der Waals surface area contributed by atoms with Gasteiger partial charge in [0.2, 0.25) is 0 Å². The third-order valence-electron chi connectivity index (χ3n) is 5.70. The van der Waals surface area contributed by atoms with Crippen molar-refractivity contribution in [2.45, 2.75) is 32.5 Å². The molecule has 6 heteroatoms. The van der Waals surface area contributed by atoms with Crippen LogP contribution in [0.1, 0.15) is 27.8 Å². The van der Waals surface area contributed by atoms with Crippen LogP contribution < -0.4 is 5.32 Å². The number of nitrogens with one attached hydrogen (secondary N) is 1. The number of nitrogens with zero attached hydrogens (tertiary/aromatic N) is 1. The normalized spacial score (nSPS) is 14.5. The summed E-state index contributed by atoms with van der Waals surface area (Å²) in [4.78, 5) is 13.9. The Balaban J connectivity index is 0.000000186. The molecule has 0 atom stereocenters. The largest absolute Gasteiger partial charge is 0.445 e. The van der Waals surface area contributed by atoms with Gasteiger partial charge >= 0.3 is 6.09 Å². The second-order valence-electron chi connectivity index (χ2n) is 7.96. The van der Waals surface area contributed by atoms with E-state index >= 15 is 0 Å². The Morgan fingerprint density at radius 2 is 1.56 bits per heavy atom. The van der Waals surface area contributed by atoms with Gasteiger partial charge in [-0.3, -0.25) is 0 Å². The van der Waals surface area contributed by atoms with Crippen molar-refractivity contribution in [2.24, 2.45) is 0 Å². The molecule has 3 aromatic rings. The van der Waals surface area contributed by atoms with Gasteiger partial charge in [-0.25, -0.2) is 4.79 Å². The van der Waals surface area contributed by atoms with Gasteiger partial charge in [-0.05, 0) is 71.5 Å². The Morgan fingerprint density at radius 1 is 0.875 bits per heavy atom. The first kappa shape index (κ1) is 23.0. The van der Waals surface area contributed by atoms with Gasteiger partial charge in [0.25, 0.3) is 0 Å². The van der Waals surface area contributed by atoms with Gasteiger partial charge < -0.3 is 15.0 Å². The molecule has 2 aliphatic rings. The van der Waals surface area contributed by atoms with Gasteiger partial charge in [0.15, 0.2) is 0 Å². The highest BCUT2D eigenvalue weighted by molar-refractivity contribution is 9.10. The van der Waals surface area contributed by atoms with Crippen LogP contribution in [0.15, 0.2) is 75.7 Å². The highest BCUT2D eigenvalue weighted by Gasteiger charge is 2.21. The van der Waals surface area contributed by atoms with Crippen LogP contribution in [-0.4, -0.2) is 24.1 Å². The molecule has 166 valence electrons. The standard InChI is InChI=1S/C17H16BrNO2.C9H10BrN/c18-16-7-6-14-8-9-19(11-15(14)10-16)17(20)21-12-13-4-2-1-3-5-13;10-9-2-1-7-3-4-11-6-8(7)5-9/h1-7,10H,8-9,11-12H2;1-2,5,11H,3-4,6H2. The van der Waals surface area contributed by atoms with Crippen molar-refractivity contribution in [1.29, 1.82) is 0 Å². The zero-order chi connectivity index (χ0) is 22.3. The summed E-state index contributed by atoms with van der Waals surface area (Å²) in [5.41, 5.74) is 6.43. The number of amides is 1. The number of fused-ring (bicyclic) bond motifs is 2. The van der Waals surface area contributed by atoms with E-state index in [2.05, 4.69) is 67.5 Å². The summed E-state index contributed by atoms with van der Waals surface area (Å²) < 4.78 is 7.61. The Labute approximate surface area is 206 Å². The lowest BCUT2D eigenvalue weighted by atomic mass is 10.0. The maximum Gasteiger partial charge on any atom is 0.410 e. The van der Waals surface area contributed by atoms with Crippen LogP contribution in [0.2, 0.25) is 0 Å². The number of ether oxygens (including phenoxy) is 1. The molecule has 0 aliphatic carbocycles. The molecule has 0 aromatic heterocycles. The number of carbonyl (C=O) groups is 1. The second-order valence-corrected chi connectivity index (χ2v) is 9.80. The van der Waals surface area contributed by atoms with Crippen LogP contribution in [0.25, 0.3) is 0 Å². The van der Waals surface area contributed by atoms with E-state index in [-0.39, 0.29) is 6.09 Å². The number of carbonyl (C=O) groups excluding carboxylic acids is 1. The minimum atomic E-state index is -0.246. The monoisotopic (exact) mass is 556 g/mol. The van der Waals surface area contributed by atoms with Crippen molar-refractivity contribution >= 4 is 38.0 Å². The Hall–Kier alpha value is -2.15. The molecule has 32 heavy (non-hydrogen) atoms. The Bertz CT molecular complexity index is 1070. The van der Waals surface area contributed by atoms with Gasteiger partial charge in [-0.15, -0.1) is 0 Å². The first-order chi connectivity index (χ1) is 15.6. The van der Waals surface area contributed by atoms with Crippen molar-refractivity contribution in [3.8, 4) is 0 Å². The van der Waals surface area contributed by atoms with Crippen LogP contribution in [0.4, 0.5) is 4.79 Å². The first-order valence-electron chi connectivity index (χ1n) is 10.8. The van der Waals surface area contributed by atoms with E-state index in [1.807, 2.05) is 36.4 Å². The van der Waals surface area contributed by atoms with E-state index in [0.717, 1.165) is 29.5 Å². The predicted molar refractivity (Wildman–Crippen MR) is 134 cm³/mol. The van der Waals surface area contributed by atoms with Crippen molar-refractivity contribution < 1.29 is 9.53 Å². The Morgan fingerprint density at radius 3 is 2.31 bits per heavy atom. The zero-order valence-corrected chi connectivity index (χ0v) is 21.0. The molecule has 0 spiro atoms. The highest BCUT2D eigenvalue weighted by Crippen LogP contribution is 2.23. The molecule has 1 amide bonds. The smallest absolute Gasteiger partial charge is 0.410 e. The summed E-state index contributed by atoms with van der Waals surface area (Å²) in [7, 11) is 0. The van der Waals surface area contributed by atoms with Crippen LogP contribution >= 0.6 is 31.9 Å². The first-order valence-corrected chi connectivity index (χ1v) is 12.4. The molecule has 1 N–H and O–H groups in total. The molecule has 0 saturated heterocycles. The summed E-state index contributed by atoms with van der Waals surface area (Å²) >= 11 is 6.94. The average molecular weight is 558 g/mol. The van der Waals surface area contributed by atoms with Crippen LogP contribution in [0.5, 0.6) is 0 Å². The maximum atomic E-state index is 12.2. The van der Waals surface area contributed by atoms with Crippen LogP contribution in [0.3, 0.4) is 0 Å². The van der Waals surface area contributed by atoms with E-state index in [0.29, 0.717) is 19.7 Å². The number of hydrogen-bond acceptors (Lipinski definition) is 3. The third-order valence-corrected chi connectivity index (χ3v) is 6.69. The highest BCUT2D eigenvalue weighted by atomic mass is 79.9. The molecule has 2 heterocycles. The van der Waals surface area contributed by atoms with E-state index in [1.54, 1.807) is 4.90 Å². The quantitative estimate of drug-likeness (QED) is 0.405. The molecule has 2 aliphatic heterocycles. The zero-order valence-electron chi connectivity index (χ0n) is 17.8. The molecule has 0 saturated carbocycles. The molecule has 0 radical (unpaired) electrons. The van der Waals surface area contributed by atoms with Gasteiger partial charge in [0.1, 0.15) is 6.61 Å². The summed E-state index contributed by atoms with van der Waals surface area (Å²) in [6.07, 6.45) is 1.80. The lowest BCUT2D eigenvalue weighted by Crippen LogP contribution is -2.36. The van der Waals surface area contributed by atoms with Crippen molar-refractivity contribution in [1.82, 2.24) is 10.2 Å². The fraction of sp³-hybridized carbons (Fsp3) is 0.269. The molecular formula is C26H26Br2N2O2. The lowest BCUT2D eigenvalue weighted by molar-refractivity contribution is 0.0918. The van der Waals surface area contributed by atoms with E-state index in [9.17, 15) is 4.79 Å². The topological polar surface area (TPSA) is 41.6 Å². The average Bonchev–Trinajstić information content (AvgIpc) is 2.83. The SMILES string of the molecule is Brc1ccc2c(c1)CNCC2.O=C(OCc1ccccc1)N1CCc2ccc(Br)cc2C1. The molecule has 4 nitrogen and oxygen atoms in total. The maximum absolute atomic E-state index is 12.2. The third kappa shape index (κ3) is 6.21. The van der Waals surface area contributed by atoms with Crippen LogP contribution in [0, 0.1) is 0 Å². The number of rotatable bonds is 2. The fourth-order valence-electron chi connectivity index (χ4n) is 3.94. The summed E-state index contributed by atoms with van der Waals surface area (Å²) in [6, 6.07) is 22.5. The van der Waals surface area contributed by atoms with Crippen LogP contribution in [-0.2, 0) is 37.3 Å². The van der Waals surface area contributed by atoms with E-state index < -0.39 is 0 Å². The second kappa shape index (κ2) is 11.1. The van der Waals surface area contributed by atoms with Crippen molar-refractivity contribution in [3.63, 3.8) is 0 Å². The minimum absolute atomic E-state index is 0.246. The van der Waals surface area contributed by atoms with E-state index in [4.69, 9.17) is 4.74 Å². The van der Waals surface area contributed by atoms with Gasteiger partial charge in [0.05, 0.1) is 0 Å². The van der Waals surface area contributed by atoms with Gasteiger partial charge in [0, 0.05) is 28.6 Å². The number of hydrogen-bond donors (Lipinski definition) is 1. The number of benzene rings is 3. The summed E-state index contributed by atoms with van der Waals surface area (Å²) in [5.74, 6) is 0. The summed E-state index contributed by atoms with van der Waals surface area (Å²) in [5, 5.41) is 3.35. The van der Waals surface area contributed by atoms with Crippen molar-refractivity contribution in [2.75, 3.05) is 13.1 Å².